The van der Waals surface area contributed by atoms with Crippen molar-refractivity contribution in [1.29, 1.82) is 0 Å². The van der Waals surface area contributed by atoms with E-state index in [9.17, 15) is 17.6 Å². The van der Waals surface area contributed by atoms with E-state index >= 15 is 0 Å². The van der Waals surface area contributed by atoms with Gasteiger partial charge in [0.1, 0.15) is 5.82 Å². The lowest BCUT2D eigenvalue weighted by atomic mass is 9.89. The van der Waals surface area contributed by atoms with Gasteiger partial charge in [0.05, 0.1) is 5.56 Å². The van der Waals surface area contributed by atoms with Crippen molar-refractivity contribution in [3.05, 3.63) is 35.1 Å². The second kappa shape index (κ2) is 7.31. The number of alkyl halides is 3. The highest BCUT2D eigenvalue weighted by molar-refractivity contribution is 5.85. The number of halogens is 6. The third kappa shape index (κ3) is 4.51. The highest BCUT2D eigenvalue weighted by atomic mass is 35.5. The molecule has 0 unspecified atom stereocenters. The SMILES string of the molecule is Cl.Cl.Fc1cc(C(F)(F)F)ccc1C1CCNCC1. The second-order valence-electron chi connectivity index (χ2n) is 4.26. The van der Waals surface area contributed by atoms with Gasteiger partial charge in [0, 0.05) is 0 Å². The number of nitrogens with one attached hydrogen (secondary N) is 1. The van der Waals surface area contributed by atoms with Crippen molar-refractivity contribution in [1.82, 2.24) is 5.32 Å². The highest BCUT2D eigenvalue weighted by Gasteiger charge is 2.31. The summed E-state index contributed by atoms with van der Waals surface area (Å²) in [4.78, 5) is 0. The van der Waals surface area contributed by atoms with Crippen molar-refractivity contribution in [3.63, 3.8) is 0 Å². The van der Waals surface area contributed by atoms with E-state index in [4.69, 9.17) is 0 Å². The van der Waals surface area contributed by atoms with Crippen LogP contribution in [0.15, 0.2) is 18.2 Å². The van der Waals surface area contributed by atoms with Gasteiger partial charge in [0.25, 0.3) is 0 Å². The molecule has 1 aliphatic rings. The number of benzene rings is 1. The van der Waals surface area contributed by atoms with E-state index < -0.39 is 17.6 Å². The Labute approximate surface area is 121 Å². The number of hydrogen-bond donors (Lipinski definition) is 1. The Balaban J connectivity index is 0.00000162. The predicted octanol–water partition coefficient (Wildman–Crippen LogP) is 4.16. The van der Waals surface area contributed by atoms with Crippen molar-refractivity contribution in [3.8, 4) is 0 Å². The molecule has 1 aliphatic heterocycles. The molecular weight excluding hydrogens is 305 g/mol. The van der Waals surface area contributed by atoms with Crippen LogP contribution in [0.3, 0.4) is 0 Å². The Bertz CT molecular complexity index is 403. The van der Waals surface area contributed by atoms with E-state index in [1.807, 2.05) is 0 Å². The van der Waals surface area contributed by atoms with E-state index in [-0.39, 0.29) is 30.7 Å². The Kier molecular flexibility index (Phi) is 7.11. The summed E-state index contributed by atoms with van der Waals surface area (Å²) in [6.07, 6.45) is -2.95. The molecular formula is C12H15Cl2F4N. The van der Waals surface area contributed by atoms with Crippen LogP contribution < -0.4 is 5.32 Å². The van der Waals surface area contributed by atoms with Crippen molar-refractivity contribution in [2.75, 3.05) is 13.1 Å². The monoisotopic (exact) mass is 319 g/mol. The average molecular weight is 320 g/mol. The molecule has 1 heterocycles. The number of piperidine rings is 1. The molecule has 1 nitrogen and oxygen atoms in total. The smallest absolute Gasteiger partial charge is 0.317 e. The third-order valence-electron chi connectivity index (χ3n) is 3.11. The summed E-state index contributed by atoms with van der Waals surface area (Å²) in [5.41, 5.74) is -0.521. The van der Waals surface area contributed by atoms with Crippen LogP contribution in [-0.4, -0.2) is 13.1 Å². The fraction of sp³-hybridized carbons (Fsp3) is 0.500. The maximum Gasteiger partial charge on any atom is 0.416 e. The minimum atomic E-state index is -4.48. The Morgan fingerprint density at radius 2 is 1.63 bits per heavy atom. The Hall–Kier alpha value is -0.520. The van der Waals surface area contributed by atoms with Gasteiger partial charge in [-0.05, 0) is 49.5 Å². The first-order valence-corrected chi connectivity index (χ1v) is 5.56. The molecule has 7 heteroatoms. The zero-order valence-electron chi connectivity index (χ0n) is 9.97. The van der Waals surface area contributed by atoms with Gasteiger partial charge in [-0.15, -0.1) is 24.8 Å². The minimum absolute atomic E-state index is 0. The molecule has 1 aromatic rings. The van der Waals surface area contributed by atoms with E-state index in [0.29, 0.717) is 11.6 Å². The predicted molar refractivity (Wildman–Crippen MR) is 70.7 cm³/mol. The van der Waals surface area contributed by atoms with Gasteiger partial charge >= 0.3 is 6.18 Å². The molecule has 0 radical (unpaired) electrons. The summed E-state index contributed by atoms with van der Waals surface area (Å²) in [5.74, 6) is -0.717. The molecule has 110 valence electrons. The lowest BCUT2D eigenvalue weighted by Crippen LogP contribution is -2.27. The standard InChI is InChI=1S/C12H13F4N.2ClH/c13-11-7-9(12(14,15)16)1-2-10(11)8-3-5-17-6-4-8;;/h1-2,7-8,17H,3-6H2;2*1H. The van der Waals surface area contributed by atoms with Crippen LogP contribution in [0.1, 0.15) is 29.9 Å². The molecule has 1 saturated heterocycles. The van der Waals surface area contributed by atoms with Gasteiger partial charge < -0.3 is 5.32 Å². The van der Waals surface area contributed by atoms with Crippen molar-refractivity contribution in [2.24, 2.45) is 0 Å². The normalized spacial score (nSPS) is 16.4. The van der Waals surface area contributed by atoms with Gasteiger partial charge in [-0.2, -0.15) is 13.2 Å². The minimum Gasteiger partial charge on any atom is -0.317 e. The average Bonchev–Trinajstić information content (AvgIpc) is 2.29. The zero-order chi connectivity index (χ0) is 12.5. The summed E-state index contributed by atoms with van der Waals surface area (Å²) >= 11 is 0. The maximum atomic E-state index is 13.6. The van der Waals surface area contributed by atoms with Crippen LogP contribution in [0.25, 0.3) is 0 Å². The van der Waals surface area contributed by atoms with E-state index in [1.54, 1.807) is 0 Å². The van der Waals surface area contributed by atoms with Gasteiger partial charge in [-0.1, -0.05) is 6.07 Å². The van der Waals surface area contributed by atoms with Crippen LogP contribution in [0.2, 0.25) is 0 Å². The number of hydrogen-bond acceptors (Lipinski definition) is 1. The van der Waals surface area contributed by atoms with Crippen molar-refractivity contribution in [2.45, 2.75) is 24.9 Å². The molecule has 1 aromatic carbocycles. The Morgan fingerprint density at radius 1 is 1.05 bits per heavy atom. The fourth-order valence-corrected chi connectivity index (χ4v) is 2.17. The fourth-order valence-electron chi connectivity index (χ4n) is 2.17. The van der Waals surface area contributed by atoms with Crippen LogP contribution in [0.4, 0.5) is 17.6 Å². The zero-order valence-corrected chi connectivity index (χ0v) is 11.6. The van der Waals surface area contributed by atoms with Crippen LogP contribution in [0.5, 0.6) is 0 Å². The van der Waals surface area contributed by atoms with E-state index in [0.717, 1.165) is 32.0 Å². The quantitative estimate of drug-likeness (QED) is 0.767. The first-order chi connectivity index (χ1) is 7.98. The molecule has 1 fully saturated rings. The molecule has 0 saturated carbocycles. The molecule has 0 aliphatic carbocycles. The van der Waals surface area contributed by atoms with Crippen LogP contribution in [-0.2, 0) is 6.18 Å². The largest absolute Gasteiger partial charge is 0.416 e. The van der Waals surface area contributed by atoms with Crippen molar-refractivity contribution < 1.29 is 17.6 Å². The molecule has 0 spiro atoms. The Morgan fingerprint density at radius 3 is 2.11 bits per heavy atom. The van der Waals surface area contributed by atoms with Gasteiger partial charge in [-0.25, -0.2) is 4.39 Å². The molecule has 0 atom stereocenters. The van der Waals surface area contributed by atoms with E-state index in [2.05, 4.69) is 5.32 Å². The molecule has 0 bridgehead atoms. The second-order valence-corrected chi connectivity index (χ2v) is 4.26. The van der Waals surface area contributed by atoms with Gasteiger partial charge in [0.2, 0.25) is 0 Å². The summed E-state index contributed by atoms with van der Waals surface area (Å²) in [7, 11) is 0. The van der Waals surface area contributed by atoms with Gasteiger partial charge in [0.15, 0.2) is 0 Å². The topological polar surface area (TPSA) is 12.0 Å². The lowest BCUT2D eigenvalue weighted by Gasteiger charge is -2.23. The van der Waals surface area contributed by atoms with Gasteiger partial charge in [-0.3, -0.25) is 0 Å². The summed E-state index contributed by atoms with van der Waals surface area (Å²) in [5, 5.41) is 3.14. The maximum absolute atomic E-state index is 13.6. The first kappa shape index (κ1) is 18.5. The highest BCUT2D eigenvalue weighted by Crippen LogP contribution is 2.33. The summed E-state index contributed by atoms with van der Waals surface area (Å²) < 4.78 is 50.7. The molecule has 0 aromatic heterocycles. The van der Waals surface area contributed by atoms with Crippen LogP contribution >= 0.6 is 24.8 Å². The number of rotatable bonds is 1. The molecule has 1 N–H and O–H groups in total. The summed E-state index contributed by atoms with van der Waals surface area (Å²) in [6.45, 7) is 1.57. The molecule has 0 amide bonds. The summed E-state index contributed by atoms with van der Waals surface area (Å²) in [6, 6.07) is 2.83. The van der Waals surface area contributed by atoms with Crippen LogP contribution in [0, 0.1) is 5.82 Å². The lowest BCUT2D eigenvalue weighted by molar-refractivity contribution is -0.137. The third-order valence-corrected chi connectivity index (χ3v) is 3.11. The van der Waals surface area contributed by atoms with Crippen molar-refractivity contribution >= 4 is 24.8 Å². The molecule has 2 rings (SSSR count). The molecule has 19 heavy (non-hydrogen) atoms. The first-order valence-electron chi connectivity index (χ1n) is 5.56. The van der Waals surface area contributed by atoms with E-state index in [1.165, 1.54) is 6.07 Å².